The summed E-state index contributed by atoms with van der Waals surface area (Å²) in [6.45, 7) is 0.300. The maximum atomic E-state index is 13.2. The Morgan fingerprint density at radius 1 is 0.893 bits per heavy atom. The minimum absolute atomic E-state index is 0.135. The van der Waals surface area contributed by atoms with Gasteiger partial charge in [0.05, 0.1) is 24.2 Å². The lowest BCUT2D eigenvalue weighted by Crippen LogP contribution is -2.34. The Morgan fingerprint density at radius 3 is 2.25 bits per heavy atom. The van der Waals surface area contributed by atoms with Gasteiger partial charge >= 0.3 is 0 Å². The lowest BCUT2D eigenvalue weighted by molar-refractivity contribution is 0.328. The van der Waals surface area contributed by atoms with Crippen molar-refractivity contribution in [1.29, 1.82) is 0 Å². The number of hydrogen-bond acceptors (Lipinski definition) is 4. The van der Waals surface area contributed by atoms with Gasteiger partial charge in [0.2, 0.25) is 0 Å². The van der Waals surface area contributed by atoms with E-state index in [1.165, 1.54) is 4.31 Å². The minimum Gasteiger partial charge on any atom is -0.497 e. The van der Waals surface area contributed by atoms with Crippen LogP contribution in [0.2, 0.25) is 5.02 Å². The number of methoxy groups -OCH3 is 1. The third-order valence-electron chi connectivity index (χ3n) is 4.05. The second kappa shape index (κ2) is 8.99. The maximum absolute atomic E-state index is 13.2. The van der Waals surface area contributed by atoms with Crippen molar-refractivity contribution < 1.29 is 17.9 Å². The summed E-state index contributed by atoms with van der Waals surface area (Å²) in [5.74, 6) is 1.23. The molecule has 7 heteroatoms. The summed E-state index contributed by atoms with van der Waals surface area (Å²) in [6.07, 6.45) is 0. The summed E-state index contributed by atoms with van der Waals surface area (Å²) in [4.78, 5) is 0.216. The normalized spacial score (nSPS) is 11.1. The second-order valence-electron chi connectivity index (χ2n) is 5.89. The minimum atomic E-state index is -3.75. The first-order valence-electron chi connectivity index (χ1n) is 8.61. The quantitative estimate of drug-likeness (QED) is 0.536. The van der Waals surface area contributed by atoms with Crippen molar-refractivity contribution in [1.82, 2.24) is 0 Å². The van der Waals surface area contributed by atoms with Gasteiger partial charge in [-0.1, -0.05) is 35.9 Å². The van der Waals surface area contributed by atoms with Gasteiger partial charge < -0.3 is 9.47 Å². The van der Waals surface area contributed by atoms with Gasteiger partial charge in [0.15, 0.2) is 0 Å². The van der Waals surface area contributed by atoms with E-state index < -0.39 is 10.0 Å². The molecule has 0 saturated carbocycles. The second-order valence-corrected chi connectivity index (χ2v) is 8.19. The van der Waals surface area contributed by atoms with Crippen LogP contribution >= 0.6 is 11.6 Å². The molecule has 3 aromatic carbocycles. The van der Waals surface area contributed by atoms with Gasteiger partial charge in [-0.05, 0) is 54.6 Å². The van der Waals surface area contributed by atoms with Crippen LogP contribution in [0, 0.1) is 0 Å². The van der Waals surface area contributed by atoms with Crippen LogP contribution in [-0.2, 0) is 10.0 Å². The highest BCUT2D eigenvalue weighted by Crippen LogP contribution is 2.26. The molecule has 3 rings (SSSR count). The van der Waals surface area contributed by atoms with Crippen LogP contribution in [0.4, 0.5) is 5.69 Å². The van der Waals surface area contributed by atoms with E-state index in [2.05, 4.69) is 0 Å². The molecule has 0 bridgehead atoms. The lowest BCUT2D eigenvalue weighted by atomic mass is 10.3. The Morgan fingerprint density at radius 2 is 1.61 bits per heavy atom. The fraction of sp³-hybridized carbons (Fsp3) is 0.143. The fourth-order valence-corrected chi connectivity index (χ4v) is 4.31. The molecule has 0 atom stereocenters. The molecule has 0 unspecified atom stereocenters. The van der Waals surface area contributed by atoms with Crippen molar-refractivity contribution >= 4 is 27.3 Å². The number of nitrogens with zero attached hydrogens (tertiary/aromatic N) is 1. The summed E-state index contributed by atoms with van der Waals surface area (Å²) < 4.78 is 38.6. The van der Waals surface area contributed by atoms with E-state index in [1.54, 1.807) is 86.0 Å². The van der Waals surface area contributed by atoms with E-state index >= 15 is 0 Å². The summed E-state index contributed by atoms with van der Waals surface area (Å²) in [6, 6.07) is 22.2. The van der Waals surface area contributed by atoms with Gasteiger partial charge in [0, 0.05) is 5.02 Å². The monoisotopic (exact) mass is 417 g/mol. The van der Waals surface area contributed by atoms with E-state index in [1.807, 2.05) is 0 Å². The molecule has 0 saturated heterocycles. The number of ether oxygens (including phenoxy) is 2. The number of benzene rings is 3. The molecule has 0 aliphatic carbocycles. The first-order chi connectivity index (χ1) is 13.5. The molecule has 0 radical (unpaired) electrons. The van der Waals surface area contributed by atoms with E-state index in [-0.39, 0.29) is 18.0 Å². The van der Waals surface area contributed by atoms with Crippen molar-refractivity contribution in [3.05, 3.63) is 83.9 Å². The largest absolute Gasteiger partial charge is 0.497 e. The highest BCUT2D eigenvalue weighted by Gasteiger charge is 2.24. The number of halogens is 1. The summed E-state index contributed by atoms with van der Waals surface area (Å²) in [7, 11) is -2.19. The molecule has 0 aliphatic heterocycles. The number of hydrogen-bond donors (Lipinski definition) is 0. The van der Waals surface area contributed by atoms with Crippen molar-refractivity contribution in [2.24, 2.45) is 0 Å². The summed E-state index contributed by atoms with van der Waals surface area (Å²) in [5, 5.41) is 0.557. The zero-order chi connectivity index (χ0) is 20.0. The predicted molar refractivity (Wildman–Crippen MR) is 111 cm³/mol. The Bertz CT molecular complexity index is 1010. The van der Waals surface area contributed by atoms with Crippen LogP contribution in [0.1, 0.15) is 0 Å². The molecule has 5 nitrogen and oxygen atoms in total. The van der Waals surface area contributed by atoms with Gasteiger partial charge in [-0.3, -0.25) is 4.31 Å². The zero-order valence-electron chi connectivity index (χ0n) is 15.3. The lowest BCUT2D eigenvalue weighted by Gasteiger charge is -2.25. The standard InChI is InChI=1S/C21H20ClNO4S/c1-26-19-12-10-18(11-13-19)23(28(24,25)21-8-3-2-4-9-21)14-15-27-20-7-5-6-17(22)16-20/h2-13,16H,14-15H2,1H3. The first-order valence-corrected chi connectivity index (χ1v) is 10.4. The molecule has 0 heterocycles. The highest BCUT2D eigenvalue weighted by atomic mass is 35.5. The van der Waals surface area contributed by atoms with Crippen LogP contribution in [0.25, 0.3) is 0 Å². The van der Waals surface area contributed by atoms with Crippen LogP contribution < -0.4 is 13.8 Å². The van der Waals surface area contributed by atoms with Crippen LogP contribution in [0.5, 0.6) is 11.5 Å². The van der Waals surface area contributed by atoms with Crippen molar-refractivity contribution in [2.75, 3.05) is 24.6 Å². The van der Waals surface area contributed by atoms with Crippen LogP contribution in [0.15, 0.2) is 83.8 Å². The van der Waals surface area contributed by atoms with Gasteiger partial charge in [-0.15, -0.1) is 0 Å². The van der Waals surface area contributed by atoms with Crippen molar-refractivity contribution in [3.8, 4) is 11.5 Å². The van der Waals surface area contributed by atoms with Crippen molar-refractivity contribution in [3.63, 3.8) is 0 Å². The Kier molecular flexibility index (Phi) is 6.44. The third-order valence-corrected chi connectivity index (χ3v) is 6.13. The zero-order valence-corrected chi connectivity index (χ0v) is 16.9. The smallest absolute Gasteiger partial charge is 0.264 e. The predicted octanol–water partition coefficient (Wildman–Crippen LogP) is 4.62. The molecular formula is C21H20ClNO4S. The molecule has 0 fully saturated rings. The molecule has 0 aromatic heterocycles. The summed E-state index contributed by atoms with van der Waals surface area (Å²) >= 11 is 5.97. The highest BCUT2D eigenvalue weighted by molar-refractivity contribution is 7.92. The van der Waals surface area contributed by atoms with Gasteiger partial charge in [0.1, 0.15) is 18.1 Å². The molecule has 3 aromatic rings. The average molecular weight is 418 g/mol. The maximum Gasteiger partial charge on any atom is 0.264 e. The molecule has 0 aliphatic rings. The van der Waals surface area contributed by atoms with Gasteiger partial charge in [-0.2, -0.15) is 0 Å². The first kappa shape index (κ1) is 20.0. The fourth-order valence-electron chi connectivity index (χ4n) is 2.66. The SMILES string of the molecule is COc1ccc(N(CCOc2cccc(Cl)c2)S(=O)(=O)c2ccccc2)cc1. The van der Waals surface area contributed by atoms with Gasteiger partial charge in [0.25, 0.3) is 10.0 Å². The third kappa shape index (κ3) is 4.77. The Labute approximate surface area is 170 Å². The van der Waals surface area contributed by atoms with Crippen LogP contribution in [-0.4, -0.2) is 28.7 Å². The molecule has 28 heavy (non-hydrogen) atoms. The molecule has 0 amide bonds. The Balaban J connectivity index is 1.85. The van der Waals surface area contributed by atoms with E-state index in [0.29, 0.717) is 22.2 Å². The average Bonchev–Trinajstić information content (AvgIpc) is 2.72. The topological polar surface area (TPSA) is 55.8 Å². The molecule has 146 valence electrons. The number of sulfonamides is 1. The van der Waals surface area contributed by atoms with Crippen molar-refractivity contribution in [2.45, 2.75) is 4.90 Å². The number of rotatable bonds is 8. The van der Waals surface area contributed by atoms with E-state index in [4.69, 9.17) is 21.1 Å². The van der Waals surface area contributed by atoms with E-state index in [9.17, 15) is 8.42 Å². The van der Waals surface area contributed by atoms with E-state index in [0.717, 1.165) is 0 Å². The Hall–Kier alpha value is -2.70. The summed E-state index contributed by atoms with van der Waals surface area (Å²) in [5.41, 5.74) is 0.527. The molecule has 0 spiro atoms. The molecule has 0 N–H and O–H groups in total. The number of anilines is 1. The van der Waals surface area contributed by atoms with Gasteiger partial charge in [-0.25, -0.2) is 8.42 Å². The molecular weight excluding hydrogens is 398 g/mol. The van der Waals surface area contributed by atoms with Crippen LogP contribution in [0.3, 0.4) is 0 Å².